The fraction of sp³-hybridized carbons (Fsp3) is 0.765. The van der Waals surface area contributed by atoms with Gasteiger partial charge in [-0.25, -0.2) is 0 Å². The van der Waals surface area contributed by atoms with Gasteiger partial charge in [-0.15, -0.1) is 0 Å². The smallest absolute Gasteiger partial charge is 0.0695 e. The highest BCUT2D eigenvalue weighted by Gasteiger charge is 2.31. The van der Waals surface area contributed by atoms with E-state index < -0.39 is 0 Å². The summed E-state index contributed by atoms with van der Waals surface area (Å²) in [6.45, 7) is 4.53. The maximum Gasteiger partial charge on any atom is 0.0695 e. The summed E-state index contributed by atoms with van der Waals surface area (Å²) in [6.07, 6.45) is 6.99. The second-order valence-corrected chi connectivity index (χ2v) is 7.45. The first-order valence-electron chi connectivity index (χ1n) is 8.44. The van der Waals surface area contributed by atoms with Gasteiger partial charge in [-0.05, 0) is 55.0 Å². The first kappa shape index (κ1) is 15.5. The van der Waals surface area contributed by atoms with Crippen LogP contribution in [0.1, 0.15) is 57.1 Å². The summed E-state index contributed by atoms with van der Waals surface area (Å²) >= 11 is 1.77. The molecule has 2 aliphatic rings. The third-order valence-corrected chi connectivity index (χ3v) is 5.92. The van der Waals surface area contributed by atoms with Gasteiger partial charge in [-0.1, -0.05) is 12.8 Å². The molecule has 21 heavy (non-hydrogen) atoms. The lowest BCUT2D eigenvalue weighted by molar-refractivity contribution is 0.00671. The topological polar surface area (TPSA) is 35.5 Å². The average Bonchev–Trinajstić information content (AvgIpc) is 3.03. The van der Waals surface area contributed by atoms with Crippen LogP contribution >= 0.6 is 11.3 Å². The molecule has 3 nitrogen and oxygen atoms in total. The van der Waals surface area contributed by atoms with E-state index in [0.717, 1.165) is 19.5 Å². The minimum absolute atomic E-state index is 0.0898. The molecule has 1 saturated carbocycles. The minimum atomic E-state index is -0.0898. The Bertz CT molecular complexity index is 414. The highest BCUT2D eigenvalue weighted by Crippen LogP contribution is 2.26. The molecule has 3 atom stereocenters. The molecule has 0 amide bonds. The Morgan fingerprint density at radius 2 is 2.00 bits per heavy atom. The summed E-state index contributed by atoms with van der Waals surface area (Å²) in [4.78, 5) is 2.54. The van der Waals surface area contributed by atoms with E-state index in [-0.39, 0.29) is 6.10 Å². The molecule has 0 bridgehead atoms. The molecular formula is C17H28N2OS. The zero-order valence-corrected chi connectivity index (χ0v) is 13.8. The van der Waals surface area contributed by atoms with Gasteiger partial charge < -0.3 is 10.4 Å². The number of piperidine rings is 1. The van der Waals surface area contributed by atoms with Crippen molar-refractivity contribution in [3.8, 4) is 0 Å². The summed E-state index contributed by atoms with van der Waals surface area (Å²) in [7, 11) is 0. The number of hydrogen-bond donors (Lipinski definition) is 2. The molecular weight excluding hydrogens is 280 g/mol. The van der Waals surface area contributed by atoms with Crippen LogP contribution in [-0.2, 0) is 0 Å². The van der Waals surface area contributed by atoms with E-state index >= 15 is 0 Å². The molecule has 2 heterocycles. The Labute approximate surface area is 132 Å². The lowest BCUT2D eigenvalue weighted by atomic mass is 9.89. The Morgan fingerprint density at radius 1 is 1.24 bits per heavy atom. The molecule has 1 aliphatic heterocycles. The summed E-state index contributed by atoms with van der Waals surface area (Å²) < 4.78 is 0. The molecule has 2 fully saturated rings. The maximum atomic E-state index is 10.2. The van der Waals surface area contributed by atoms with Gasteiger partial charge in [-0.3, -0.25) is 4.90 Å². The van der Waals surface area contributed by atoms with Crippen LogP contribution in [0.4, 0.5) is 0 Å². The standard InChI is InChI=1S/C17H28N2OS/c1-13(14-8-11-21-12-14)18-15-6-9-19(10-7-15)16-4-2-3-5-17(16)20/h8,11-13,15-18,20H,2-7,9-10H2,1H3/t13-,16-,17+/m0/s1. The predicted octanol–water partition coefficient (Wildman–Crippen LogP) is 3.17. The highest BCUT2D eigenvalue weighted by atomic mass is 32.1. The molecule has 1 aliphatic carbocycles. The van der Waals surface area contributed by atoms with Crippen molar-refractivity contribution < 1.29 is 5.11 Å². The number of likely N-dealkylation sites (tertiary alicyclic amines) is 1. The predicted molar refractivity (Wildman–Crippen MR) is 88.7 cm³/mol. The van der Waals surface area contributed by atoms with Crippen LogP contribution in [0.5, 0.6) is 0 Å². The van der Waals surface area contributed by atoms with E-state index in [4.69, 9.17) is 0 Å². The normalized spacial score (nSPS) is 30.4. The van der Waals surface area contributed by atoms with Crippen LogP contribution in [-0.4, -0.2) is 41.3 Å². The van der Waals surface area contributed by atoms with E-state index in [1.54, 1.807) is 11.3 Å². The summed E-state index contributed by atoms with van der Waals surface area (Å²) in [5.41, 5.74) is 1.41. The van der Waals surface area contributed by atoms with Crippen LogP contribution in [0.3, 0.4) is 0 Å². The quantitative estimate of drug-likeness (QED) is 0.897. The first-order valence-corrected chi connectivity index (χ1v) is 9.38. The lowest BCUT2D eigenvalue weighted by Crippen LogP contribution is -2.51. The number of nitrogens with zero attached hydrogens (tertiary/aromatic N) is 1. The number of aliphatic hydroxyl groups excluding tert-OH is 1. The molecule has 4 heteroatoms. The van der Waals surface area contributed by atoms with Crippen LogP contribution < -0.4 is 5.32 Å². The Kier molecular flexibility index (Phi) is 5.33. The molecule has 1 aromatic heterocycles. The van der Waals surface area contributed by atoms with Crippen molar-refractivity contribution in [1.82, 2.24) is 10.2 Å². The van der Waals surface area contributed by atoms with Crippen molar-refractivity contribution in [2.45, 2.75) is 69.7 Å². The van der Waals surface area contributed by atoms with Crippen LogP contribution in [0.2, 0.25) is 0 Å². The van der Waals surface area contributed by atoms with Crippen molar-refractivity contribution in [1.29, 1.82) is 0 Å². The number of aliphatic hydroxyl groups is 1. The number of nitrogens with one attached hydrogen (secondary N) is 1. The number of thiophene rings is 1. The first-order chi connectivity index (χ1) is 10.2. The number of rotatable bonds is 4. The van der Waals surface area contributed by atoms with Gasteiger partial charge in [0, 0.05) is 31.2 Å². The van der Waals surface area contributed by atoms with E-state index in [1.165, 1.54) is 37.7 Å². The van der Waals surface area contributed by atoms with Gasteiger partial charge in [0.1, 0.15) is 0 Å². The van der Waals surface area contributed by atoms with Gasteiger partial charge in [0.15, 0.2) is 0 Å². The van der Waals surface area contributed by atoms with Gasteiger partial charge in [0.2, 0.25) is 0 Å². The van der Waals surface area contributed by atoms with Gasteiger partial charge in [0.05, 0.1) is 6.10 Å². The SMILES string of the molecule is C[C@H](NC1CCN([C@H]2CCCC[C@H]2O)CC1)c1ccsc1. The zero-order chi connectivity index (χ0) is 14.7. The summed E-state index contributed by atoms with van der Waals surface area (Å²) in [5.74, 6) is 0. The van der Waals surface area contributed by atoms with E-state index in [0.29, 0.717) is 18.1 Å². The molecule has 3 rings (SSSR count). The molecule has 0 aromatic carbocycles. The molecule has 1 saturated heterocycles. The average molecular weight is 308 g/mol. The van der Waals surface area contributed by atoms with Crippen molar-refractivity contribution in [2.24, 2.45) is 0 Å². The Balaban J connectivity index is 1.46. The van der Waals surface area contributed by atoms with Crippen molar-refractivity contribution in [2.75, 3.05) is 13.1 Å². The highest BCUT2D eigenvalue weighted by molar-refractivity contribution is 7.07. The molecule has 0 radical (unpaired) electrons. The Hall–Kier alpha value is -0.420. The van der Waals surface area contributed by atoms with Crippen LogP contribution in [0.15, 0.2) is 16.8 Å². The largest absolute Gasteiger partial charge is 0.391 e. The van der Waals surface area contributed by atoms with Crippen LogP contribution in [0.25, 0.3) is 0 Å². The molecule has 0 spiro atoms. The van der Waals surface area contributed by atoms with Crippen molar-refractivity contribution >= 4 is 11.3 Å². The van der Waals surface area contributed by atoms with E-state index in [9.17, 15) is 5.11 Å². The van der Waals surface area contributed by atoms with E-state index in [1.807, 2.05) is 0 Å². The second kappa shape index (κ2) is 7.23. The third kappa shape index (κ3) is 3.86. The van der Waals surface area contributed by atoms with Gasteiger partial charge >= 0.3 is 0 Å². The monoisotopic (exact) mass is 308 g/mol. The molecule has 118 valence electrons. The van der Waals surface area contributed by atoms with Crippen LogP contribution in [0, 0.1) is 0 Å². The third-order valence-electron chi connectivity index (χ3n) is 5.22. The maximum absolute atomic E-state index is 10.2. The summed E-state index contributed by atoms with van der Waals surface area (Å²) in [6, 6.07) is 3.72. The molecule has 1 aromatic rings. The second-order valence-electron chi connectivity index (χ2n) is 6.67. The molecule has 2 N–H and O–H groups in total. The fourth-order valence-electron chi connectivity index (χ4n) is 3.89. The van der Waals surface area contributed by atoms with Crippen molar-refractivity contribution in [3.05, 3.63) is 22.4 Å². The lowest BCUT2D eigenvalue weighted by Gasteiger charge is -2.42. The van der Waals surface area contributed by atoms with E-state index in [2.05, 4.69) is 34.0 Å². The van der Waals surface area contributed by atoms with Gasteiger partial charge in [-0.2, -0.15) is 11.3 Å². The minimum Gasteiger partial charge on any atom is -0.391 e. The number of hydrogen-bond acceptors (Lipinski definition) is 4. The zero-order valence-electron chi connectivity index (χ0n) is 13.0. The van der Waals surface area contributed by atoms with Crippen molar-refractivity contribution in [3.63, 3.8) is 0 Å². The molecule has 0 unspecified atom stereocenters. The fourth-order valence-corrected chi connectivity index (χ4v) is 4.64. The summed E-state index contributed by atoms with van der Waals surface area (Å²) in [5, 5.41) is 18.4. The Morgan fingerprint density at radius 3 is 2.67 bits per heavy atom. The van der Waals surface area contributed by atoms with Gasteiger partial charge in [0.25, 0.3) is 0 Å².